The molecule has 81 heavy (non-hydrogen) atoms. The first-order valence-corrected chi connectivity index (χ1v) is 31.9. The molecule has 0 spiro atoms. The van der Waals surface area contributed by atoms with Crippen molar-refractivity contribution in [1.29, 1.82) is 0 Å². The number of carboxylic acid groups (broad SMARTS) is 1. The third-order valence-electron chi connectivity index (χ3n) is 13.8. The maximum Gasteiger partial charge on any atom is 0.335 e. The molecule has 1 heterocycles. The van der Waals surface area contributed by atoms with Crippen molar-refractivity contribution in [3.8, 4) is 0 Å². The number of carbonyl (C=O) groups is 4. The van der Waals surface area contributed by atoms with Crippen LogP contribution in [0.3, 0.4) is 0 Å². The van der Waals surface area contributed by atoms with Crippen LogP contribution in [0.15, 0.2) is 109 Å². The second-order valence-corrected chi connectivity index (χ2v) is 21.3. The van der Waals surface area contributed by atoms with E-state index in [9.17, 15) is 34.5 Å². The fraction of sp³-hybridized carbons (Fsp3) is 0.681. The summed E-state index contributed by atoms with van der Waals surface area (Å²) in [5.41, 5.74) is 0. The lowest BCUT2D eigenvalue weighted by atomic mass is 9.98. The SMILES string of the molecule is CC/C=C\C/C=C\C/C=C\C/C=C\C/C=C\C/C=C\CCC(=O)OC1C(OCC(COC(=O)CCCCCCCCC/C=C\CCCCCCCC)OC(=O)CCCCCCC/C=C\C/C=C\CCCCC)OC(C(=O)O)C(O)C1O. The smallest absolute Gasteiger partial charge is 0.335 e. The summed E-state index contributed by atoms with van der Waals surface area (Å²) in [5.74, 6) is -3.26. The number of esters is 3. The van der Waals surface area contributed by atoms with Crippen LogP contribution in [0.4, 0.5) is 0 Å². The monoisotopic (exact) mass is 1130 g/mol. The van der Waals surface area contributed by atoms with Crippen LogP contribution in [0.2, 0.25) is 0 Å². The number of carboxylic acids is 1. The van der Waals surface area contributed by atoms with Gasteiger partial charge < -0.3 is 39.0 Å². The Morgan fingerprint density at radius 1 is 0.420 bits per heavy atom. The maximum absolute atomic E-state index is 13.2. The zero-order chi connectivity index (χ0) is 58.9. The highest BCUT2D eigenvalue weighted by molar-refractivity contribution is 5.74. The molecule has 0 aromatic carbocycles. The first kappa shape index (κ1) is 74.4. The number of aliphatic hydroxyl groups excluding tert-OH is 2. The molecule has 0 aliphatic carbocycles. The van der Waals surface area contributed by atoms with Gasteiger partial charge in [0.2, 0.25) is 0 Å². The molecule has 1 aliphatic rings. The Bertz CT molecular complexity index is 1820. The Balaban J connectivity index is 2.73. The first-order chi connectivity index (χ1) is 39.6. The lowest BCUT2D eigenvalue weighted by Gasteiger charge is -2.40. The van der Waals surface area contributed by atoms with Crippen molar-refractivity contribution >= 4 is 23.9 Å². The fourth-order valence-corrected chi connectivity index (χ4v) is 8.95. The number of ether oxygens (including phenoxy) is 5. The van der Waals surface area contributed by atoms with Crippen LogP contribution in [-0.2, 0) is 42.9 Å². The Hall–Kier alpha value is -4.62. The van der Waals surface area contributed by atoms with Gasteiger partial charge in [-0.3, -0.25) is 14.4 Å². The van der Waals surface area contributed by atoms with Crippen LogP contribution in [0.1, 0.15) is 252 Å². The molecule has 0 amide bonds. The lowest BCUT2D eigenvalue weighted by Crippen LogP contribution is -2.61. The van der Waals surface area contributed by atoms with Gasteiger partial charge in [-0.2, -0.15) is 0 Å². The number of aliphatic carboxylic acids is 1. The van der Waals surface area contributed by atoms with E-state index in [4.69, 9.17) is 23.7 Å². The first-order valence-electron chi connectivity index (χ1n) is 31.9. The summed E-state index contributed by atoms with van der Waals surface area (Å²) in [5, 5.41) is 31.5. The number of hydrogen-bond acceptors (Lipinski definition) is 11. The third-order valence-corrected chi connectivity index (χ3v) is 13.8. The van der Waals surface area contributed by atoms with Crippen molar-refractivity contribution in [1.82, 2.24) is 0 Å². The molecular weight excluding hydrogens is 1020 g/mol. The molecule has 12 heteroatoms. The van der Waals surface area contributed by atoms with E-state index < -0.39 is 67.3 Å². The van der Waals surface area contributed by atoms with E-state index in [1.54, 1.807) is 0 Å². The van der Waals surface area contributed by atoms with Crippen molar-refractivity contribution in [3.05, 3.63) is 109 Å². The third kappa shape index (κ3) is 45.6. The maximum atomic E-state index is 13.2. The summed E-state index contributed by atoms with van der Waals surface area (Å²) in [6, 6.07) is 0. The van der Waals surface area contributed by atoms with E-state index >= 15 is 0 Å². The molecule has 6 atom stereocenters. The van der Waals surface area contributed by atoms with E-state index in [1.165, 1.54) is 77.0 Å². The molecule has 1 fully saturated rings. The van der Waals surface area contributed by atoms with Gasteiger partial charge in [0.25, 0.3) is 0 Å². The normalized spacial score (nSPS) is 18.5. The number of allylic oxidation sites excluding steroid dienone is 18. The molecule has 0 bridgehead atoms. The summed E-state index contributed by atoms with van der Waals surface area (Å²) in [6.07, 6.45) is 63.4. The lowest BCUT2D eigenvalue weighted by molar-refractivity contribution is -0.301. The Kier molecular flexibility index (Phi) is 51.3. The molecular formula is C69H112O12. The number of carbonyl (C=O) groups excluding carboxylic acids is 3. The van der Waals surface area contributed by atoms with Crippen molar-refractivity contribution in [3.63, 3.8) is 0 Å². The molecule has 0 aromatic heterocycles. The van der Waals surface area contributed by atoms with Crippen LogP contribution in [0, 0.1) is 0 Å². The zero-order valence-electron chi connectivity index (χ0n) is 50.7. The topological polar surface area (TPSA) is 175 Å². The molecule has 6 unspecified atom stereocenters. The Labute approximate surface area is 491 Å². The van der Waals surface area contributed by atoms with E-state index in [2.05, 4.69) is 112 Å². The predicted octanol–water partition coefficient (Wildman–Crippen LogP) is 17.0. The van der Waals surface area contributed by atoms with E-state index in [-0.39, 0.29) is 25.9 Å². The van der Waals surface area contributed by atoms with Crippen molar-refractivity contribution in [2.24, 2.45) is 0 Å². The standard InChI is InChI=1S/C69H112O12/c1-4-7-10-13-16-19-22-25-28-30-31-33-36-39-42-45-48-51-54-57-63(72)80-67-65(74)64(73)66(68(75)76)81-69(67)78-59-60(79-62(71)56-53-50-47-44-41-38-34-27-24-21-18-15-12-9-6-3)58-77-61(70)55-52-49-46-43-40-37-35-32-29-26-23-20-17-14-11-8-5-2/h7,10,16,18-19,21,25-29,31,33-34,39,42,48,51,60,64-67,69,73-74H,4-6,8-9,11-15,17,20,22-24,30,32,35-38,40-41,43-47,49-50,52-59H2,1-3H3,(H,75,76)/b10-7-,19-16-,21-18-,28-25-,29-26-,33-31-,34-27-,42-39-,51-48-. The van der Waals surface area contributed by atoms with Gasteiger partial charge in [0.1, 0.15) is 18.8 Å². The molecule has 3 N–H and O–H groups in total. The van der Waals surface area contributed by atoms with Gasteiger partial charge in [-0.25, -0.2) is 4.79 Å². The predicted molar refractivity (Wildman–Crippen MR) is 330 cm³/mol. The second-order valence-electron chi connectivity index (χ2n) is 21.3. The Morgan fingerprint density at radius 3 is 1.27 bits per heavy atom. The number of unbranched alkanes of at least 4 members (excludes halogenated alkanes) is 21. The zero-order valence-corrected chi connectivity index (χ0v) is 50.7. The molecule has 0 aromatic rings. The number of hydrogen-bond donors (Lipinski definition) is 3. The van der Waals surface area contributed by atoms with Crippen molar-refractivity contribution < 1.29 is 58.2 Å². The molecule has 1 rings (SSSR count). The molecule has 0 saturated carbocycles. The minimum Gasteiger partial charge on any atom is -0.479 e. The van der Waals surface area contributed by atoms with E-state index in [0.29, 0.717) is 25.7 Å². The van der Waals surface area contributed by atoms with Crippen LogP contribution in [0.25, 0.3) is 0 Å². The average Bonchev–Trinajstić information content (AvgIpc) is 3.54. The molecule has 12 nitrogen and oxygen atoms in total. The molecule has 0 radical (unpaired) electrons. The van der Waals surface area contributed by atoms with Crippen molar-refractivity contribution in [2.75, 3.05) is 13.2 Å². The van der Waals surface area contributed by atoms with Gasteiger partial charge in [-0.15, -0.1) is 0 Å². The second kappa shape index (κ2) is 55.9. The highest BCUT2D eigenvalue weighted by Crippen LogP contribution is 2.26. The highest BCUT2D eigenvalue weighted by atomic mass is 16.7. The summed E-state index contributed by atoms with van der Waals surface area (Å²) >= 11 is 0. The summed E-state index contributed by atoms with van der Waals surface area (Å²) in [4.78, 5) is 51.3. The highest BCUT2D eigenvalue weighted by Gasteiger charge is 2.50. The van der Waals surface area contributed by atoms with Crippen LogP contribution < -0.4 is 0 Å². The largest absolute Gasteiger partial charge is 0.479 e. The number of aliphatic hydroxyl groups is 2. The van der Waals surface area contributed by atoms with Gasteiger partial charge >= 0.3 is 23.9 Å². The fourth-order valence-electron chi connectivity index (χ4n) is 8.95. The van der Waals surface area contributed by atoms with E-state index in [1.807, 2.05) is 18.2 Å². The van der Waals surface area contributed by atoms with E-state index in [0.717, 1.165) is 109 Å². The van der Waals surface area contributed by atoms with Crippen LogP contribution in [0.5, 0.6) is 0 Å². The minimum absolute atomic E-state index is 0.0713. The van der Waals surface area contributed by atoms with Gasteiger partial charge in [-0.05, 0) is 116 Å². The van der Waals surface area contributed by atoms with Crippen LogP contribution in [-0.4, -0.2) is 89.2 Å². The molecule has 1 saturated heterocycles. The quantitative estimate of drug-likeness (QED) is 0.0228. The average molecular weight is 1130 g/mol. The van der Waals surface area contributed by atoms with Crippen molar-refractivity contribution in [2.45, 2.75) is 289 Å². The van der Waals surface area contributed by atoms with Crippen LogP contribution >= 0.6 is 0 Å². The van der Waals surface area contributed by atoms with Gasteiger partial charge in [0.05, 0.1) is 6.61 Å². The van der Waals surface area contributed by atoms with Gasteiger partial charge in [0.15, 0.2) is 24.6 Å². The minimum atomic E-state index is -1.94. The molecule has 1 aliphatic heterocycles. The summed E-state index contributed by atoms with van der Waals surface area (Å²) < 4.78 is 28.4. The number of rotatable bonds is 53. The Morgan fingerprint density at radius 2 is 0.802 bits per heavy atom. The summed E-state index contributed by atoms with van der Waals surface area (Å²) in [7, 11) is 0. The van der Waals surface area contributed by atoms with Gasteiger partial charge in [0, 0.05) is 19.3 Å². The summed E-state index contributed by atoms with van der Waals surface area (Å²) in [6.45, 7) is 5.81. The molecule has 460 valence electrons. The van der Waals surface area contributed by atoms with Gasteiger partial charge in [-0.1, -0.05) is 226 Å².